The summed E-state index contributed by atoms with van der Waals surface area (Å²) in [5.74, 6) is 1.60. The molecule has 0 atom stereocenters. The maximum Gasteiger partial charge on any atom is 0.164 e. The van der Waals surface area contributed by atoms with Crippen LogP contribution in [0.4, 0.5) is 0 Å². The Labute approximate surface area is 369 Å². The van der Waals surface area contributed by atoms with Gasteiger partial charge in [0.25, 0.3) is 0 Å². The third kappa shape index (κ3) is 5.62. The molecular formula is C57H34N4O2. The molecule has 63 heavy (non-hydrogen) atoms. The van der Waals surface area contributed by atoms with Crippen molar-refractivity contribution in [2.75, 3.05) is 0 Å². The zero-order valence-electron chi connectivity index (χ0n) is 39.3. The van der Waals surface area contributed by atoms with Gasteiger partial charge in [0.05, 0.1) is 24.9 Å². The monoisotopic (exact) mass is 812 g/mol. The van der Waals surface area contributed by atoms with Crippen molar-refractivity contribution in [2.45, 2.75) is 0 Å². The molecule has 0 amide bonds. The lowest BCUT2D eigenvalue weighted by Crippen LogP contribution is -2.00. The zero-order valence-corrected chi connectivity index (χ0v) is 33.3. The molecule has 0 aliphatic rings. The summed E-state index contributed by atoms with van der Waals surface area (Å²) in [6, 6.07) is 53.4. The van der Waals surface area contributed by atoms with E-state index in [-0.39, 0.29) is 58.1 Å². The van der Waals surface area contributed by atoms with Crippen LogP contribution in [-0.2, 0) is 0 Å². The summed E-state index contributed by atoms with van der Waals surface area (Å²) in [7, 11) is 0. The number of para-hydroxylation sites is 4. The van der Waals surface area contributed by atoms with E-state index in [1.54, 1.807) is 4.57 Å². The van der Waals surface area contributed by atoms with Crippen LogP contribution < -0.4 is 0 Å². The standard InChI is InChI=1S/C57H34N4O2/c1-3-15-35(16-4-1)55-58-56(36-17-5-2-6-18-36)60-57(59-55)44-24-14-28-52-53(44)46-34-38(30-32-51(46)62-52)37-29-31-49(61-47-25-10-7-19-39(47)40-20-8-11-26-48(40)61)45(33-37)43-23-13-22-42-41-21-9-12-27-50(41)63-54(42)43/h1-34H/i7D,8D,19D,20D,25D,26D. The third-order valence-corrected chi connectivity index (χ3v) is 11.8. The average Bonchev–Trinajstić information content (AvgIpc) is 4.08. The Kier molecular flexibility index (Phi) is 6.56. The van der Waals surface area contributed by atoms with Gasteiger partial charge in [0, 0.05) is 60.1 Å². The van der Waals surface area contributed by atoms with Crippen LogP contribution in [0.15, 0.2) is 215 Å². The molecule has 294 valence electrons. The summed E-state index contributed by atoms with van der Waals surface area (Å²) in [5.41, 5.74) is 9.50. The maximum absolute atomic E-state index is 9.26. The second-order valence-corrected chi connectivity index (χ2v) is 15.4. The van der Waals surface area contributed by atoms with Gasteiger partial charge < -0.3 is 13.4 Å². The highest BCUT2D eigenvalue weighted by Crippen LogP contribution is 2.44. The van der Waals surface area contributed by atoms with Gasteiger partial charge in [-0.25, -0.2) is 15.0 Å². The second kappa shape index (κ2) is 14.0. The molecule has 0 radical (unpaired) electrons. The fourth-order valence-electron chi connectivity index (χ4n) is 8.96. The van der Waals surface area contributed by atoms with Gasteiger partial charge in [-0.3, -0.25) is 0 Å². The van der Waals surface area contributed by atoms with E-state index in [4.69, 9.17) is 29.3 Å². The Morgan fingerprint density at radius 2 is 0.968 bits per heavy atom. The van der Waals surface area contributed by atoms with E-state index >= 15 is 0 Å². The van der Waals surface area contributed by atoms with Gasteiger partial charge in [-0.1, -0.05) is 158 Å². The Morgan fingerprint density at radius 3 is 1.71 bits per heavy atom. The van der Waals surface area contributed by atoms with E-state index in [9.17, 15) is 2.74 Å². The first kappa shape index (κ1) is 29.6. The lowest BCUT2D eigenvalue weighted by molar-refractivity contribution is 0.669. The molecule has 0 saturated carbocycles. The van der Waals surface area contributed by atoms with E-state index in [2.05, 4.69) is 12.1 Å². The van der Waals surface area contributed by atoms with Crippen LogP contribution in [-0.4, -0.2) is 19.5 Å². The van der Waals surface area contributed by atoms with Gasteiger partial charge in [0.2, 0.25) is 0 Å². The molecule has 0 saturated heterocycles. The Hall–Kier alpha value is -8.61. The smallest absolute Gasteiger partial charge is 0.164 e. The van der Waals surface area contributed by atoms with Crippen molar-refractivity contribution >= 4 is 65.7 Å². The Bertz CT molecular complexity index is 4150. The molecule has 0 N–H and O–H groups in total. The highest BCUT2D eigenvalue weighted by Gasteiger charge is 2.22. The lowest BCUT2D eigenvalue weighted by atomic mass is 9.94. The molecule has 13 aromatic rings. The summed E-state index contributed by atoms with van der Waals surface area (Å²) < 4.78 is 68.8. The van der Waals surface area contributed by atoms with E-state index in [1.165, 1.54) is 12.1 Å². The molecule has 0 spiro atoms. The minimum atomic E-state index is -0.176. The van der Waals surface area contributed by atoms with Crippen molar-refractivity contribution in [3.8, 4) is 62.1 Å². The fraction of sp³-hybridized carbons (Fsp3) is 0. The summed E-state index contributed by atoms with van der Waals surface area (Å²) in [5, 5.41) is 3.93. The van der Waals surface area contributed by atoms with E-state index in [0.29, 0.717) is 45.5 Å². The summed E-state index contributed by atoms with van der Waals surface area (Å²) in [6.45, 7) is 0. The third-order valence-electron chi connectivity index (χ3n) is 11.8. The molecule has 0 unspecified atom stereocenters. The molecule has 6 nitrogen and oxygen atoms in total. The summed E-state index contributed by atoms with van der Waals surface area (Å²) in [4.78, 5) is 15.1. The van der Waals surface area contributed by atoms with Crippen molar-refractivity contribution in [2.24, 2.45) is 0 Å². The zero-order chi connectivity index (χ0) is 46.7. The van der Waals surface area contributed by atoms with Crippen LogP contribution in [0.25, 0.3) is 128 Å². The highest BCUT2D eigenvalue weighted by molar-refractivity contribution is 6.14. The quantitative estimate of drug-likeness (QED) is 0.167. The van der Waals surface area contributed by atoms with Crippen molar-refractivity contribution in [3.63, 3.8) is 0 Å². The van der Waals surface area contributed by atoms with Gasteiger partial charge in [-0.15, -0.1) is 0 Å². The second-order valence-electron chi connectivity index (χ2n) is 15.4. The van der Waals surface area contributed by atoms with Gasteiger partial charge >= 0.3 is 0 Å². The molecule has 9 aromatic carbocycles. The molecule has 4 heterocycles. The molecule has 0 bridgehead atoms. The molecule has 4 aromatic heterocycles. The number of benzene rings is 9. The Morgan fingerprint density at radius 1 is 0.381 bits per heavy atom. The van der Waals surface area contributed by atoms with E-state index < -0.39 is 0 Å². The molecule has 6 heteroatoms. The fourth-order valence-corrected chi connectivity index (χ4v) is 8.96. The lowest BCUT2D eigenvalue weighted by Gasteiger charge is -2.16. The van der Waals surface area contributed by atoms with E-state index in [0.717, 1.165) is 60.5 Å². The number of hydrogen-bond acceptors (Lipinski definition) is 5. The van der Waals surface area contributed by atoms with E-state index in [1.807, 2.05) is 146 Å². The molecular weight excluding hydrogens is 773 g/mol. The average molecular weight is 813 g/mol. The maximum atomic E-state index is 9.26. The molecule has 0 aliphatic heterocycles. The van der Waals surface area contributed by atoms with Crippen molar-refractivity contribution in [3.05, 3.63) is 206 Å². The molecule has 0 aliphatic carbocycles. The minimum Gasteiger partial charge on any atom is -0.456 e. The normalized spacial score (nSPS) is 13.1. The van der Waals surface area contributed by atoms with Crippen LogP contribution in [0, 0.1) is 0 Å². The molecule has 13 rings (SSSR count). The van der Waals surface area contributed by atoms with Crippen molar-refractivity contribution in [1.29, 1.82) is 0 Å². The summed E-state index contributed by atoms with van der Waals surface area (Å²) >= 11 is 0. The van der Waals surface area contributed by atoms with Crippen molar-refractivity contribution < 1.29 is 17.1 Å². The van der Waals surface area contributed by atoms with Gasteiger partial charge in [0.1, 0.15) is 22.3 Å². The number of fused-ring (bicyclic) bond motifs is 9. The van der Waals surface area contributed by atoms with Crippen LogP contribution >= 0.6 is 0 Å². The number of hydrogen-bond donors (Lipinski definition) is 0. The summed E-state index contributed by atoms with van der Waals surface area (Å²) in [6.07, 6.45) is 0. The predicted molar refractivity (Wildman–Crippen MR) is 256 cm³/mol. The largest absolute Gasteiger partial charge is 0.456 e. The Balaban J connectivity index is 1.07. The van der Waals surface area contributed by atoms with Crippen LogP contribution in [0.3, 0.4) is 0 Å². The first-order valence-corrected chi connectivity index (χ1v) is 20.6. The number of rotatable bonds is 6. The van der Waals surface area contributed by atoms with Gasteiger partial charge in [0.15, 0.2) is 17.5 Å². The highest BCUT2D eigenvalue weighted by atomic mass is 16.3. The minimum absolute atomic E-state index is 0.0393. The van der Waals surface area contributed by atoms with Crippen LogP contribution in [0.5, 0.6) is 0 Å². The van der Waals surface area contributed by atoms with Gasteiger partial charge in [-0.05, 0) is 59.6 Å². The number of aromatic nitrogens is 4. The first-order valence-electron chi connectivity index (χ1n) is 23.6. The van der Waals surface area contributed by atoms with Gasteiger partial charge in [-0.2, -0.15) is 0 Å². The molecule has 0 fully saturated rings. The first-order chi connectivity index (χ1) is 33.7. The topological polar surface area (TPSA) is 69.9 Å². The van der Waals surface area contributed by atoms with Crippen molar-refractivity contribution in [1.82, 2.24) is 19.5 Å². The predicted octanol–water partition coefficient (Wildman–Crippen LogP) is 15.1. The number of furan rings is 2. The SMILES string of the molecule is [2H]c1cc([2H])c2c(c1[2H])c1c([2H])c([2H])cc([2H])c1n2-c1ccc(-c2ccc3oc4cccc(-c5nc(-c6ccccc6)nc(-c6ccccc6)n5)c4c3c2)cc1-c1cccc2c1oc1ccccc12. The van der Waals surface area contributed by atoms with Crippen LogP contribution in [0.1, 0.15) is 8.22 Å². The van der Waals surface area contributed by atoms with Crippen LogP contribution in [0.2, 0.25) is 0 Å². The number of nitrogens with zero attached hydrogens (tertiary/aromatic N) is 4.